The Balaban J connectivity index is 1.15. The number of nitrogens with zero attached hydrogens (tertiary/aromatic N) is 5. The van der Waals surface area contributed by atoms with E-state index >= 15 is 0 Å². The molecule has 0 aromatic carbocycles. The first-order valence-corrected chi connectivity index (χ1v) is 29.4. The van der Waals surface area contributed by atoms with E-state index in [0.29, 0.717) is 110 Å². The summed E-state index contributed by atoms with van der Waals surface area (Å²) < 4.78 is 22.5. The van der Waals surface area contributed by atoms with Crippen molar-refractivity contribution >= 4 is 65.0 Å². The maximum absolute atomic E-state index is 13.0. The molecule has 3 fully saturated rings. The average molecular weight is 1210 g/mol. The van der Waals surface area contributed by atoms with Gasteiger partial charge < -0.3 is 102 Å². The number of rotatable bonds is 37. The second-order valence-corrected chi connectivity index (χ2v) is 22.2. The van der Waals surface area contributed by atoms with Gasteiger partial charge in [0, 0.05) is 136 Å². The lowest BCUT2D eigenvalue weighted by molar-refractivity contribution is -0.270. The number of hydrogen-bond acceptors (Lipinski definition) is 24. The topological polar surface area (TPSA) is 436 Å². The molecule has 4 rings (SSSR count). The van der Waals surface area contributed by atoms with Crippen molar-refractivity contribution in [2.45, 2.75) is 179 Å². The number of carbonyl (C=O) groups is 8. The van der Waals surface area contributed by atoms with Crippen LogP contribution in [0, 0.1) is 5.41 Å². The number of unbranched alkanes of at least 4 members (excludes halogenated alkanes) is 2. The van der Waals surface area contributed by atoms with Crippen LogP contribution in [0.15, 0.2) is 0 Å². The molecule has 7 amide bonds. The number of nitrogens with one attached hydrogen (secondary N) is 8. The van der Waals surface area contributed by atoms with Gasteiger partial charge in [-0.25, -0.2) is 0 Å². The number of Topliss-reactive ketones (excluding diaryl/α,β-unsaturated/α-hetero) is 1. The van der Waals surface area contributed by atoms with E-state index in [1.807, 2.05) is 25.7 Å². The van der Waals surface area contributed by atoms with E-state index in [9.17, 15) is 69.0 Å². The number of aliphatic hydroxyl groups is 6. The average Bonchev–Trinajstić information content (AvgIpc) is 3.07. The highest BCUT2D eigenvalue weighted by Crippen LogP contribution is 2.25. The van der Waals surface area contributed by atoms with E-state index in [-0.39, 0.29) is 106 Å². The predicted molar refractivity (Wildman–Crippen MR) is 305 cm³/mol. The fourth-order valence-corrected chi connectivity index (χ4v) is 9.17. The third-order valence-corrected chi connectivity index (χ3v) is 14.1. The molecular weight excluding hydrogens is 1120 g/mol. The van der Waals surface area contributed by atoms with Gasteiger partial charge in [0.05, 0.1) is 13.2 Å². The monoisotopic (exact) mass is 1210 g/mol. The van der Waals surface area contributed by atoms with Crippen molar-refractivity contribution in [1.29, 1.82) is 0 Å². The highest BCUT2D eigenvalue weighted by Gasteiger charge is 2.46. The van der Waals surface area contributed by atoms with Crippen LogP contribution in [0.3, 0.4) is 0 Å². The molecule has 85 heavy (non-hydrogen) atoms. The van der Waals surface area contributed by atoms with E-state index in [0.717, 1.165) is 0 Å². The minimum absolute atomic E-state index is 0.0360. The maximum atomic E-state index is 13.0. The minimum atomic E-state index is -1.43. The smallest absolute Gasteiger partial charge is 0.232 e. The van der Waals surface area contributed by atoms with Gasteiger partial charge in [-0.05, 0) is 44.9 Å². The van der Waals surface area contributed by atoms with Crippen molar-refractivity contribution in [3.05, 3.63) is 0 Å². The van der Waals surface area contributed by atoms with E-state index in [2.05, 4.69) is 57.5 Å². The summed E-state index contributed by atoms with van der Waals surface area (Å²) in [5.41, 5.74) is -0.467. The zero-order chi connectivity index (χ0) is 62.5. The predicted octanol–water partition coefficient (Wildman–Crippen LogP) is -3.58. The SMILES string of the molecule is CC(=O)NC1C(OCCCCC(=O)NCCCNC(=O)CCNc2nc(NCCC(=O)NCCCNC(=O)CCCCOC3OC(CO)C(O)C(O)C3NC(C)=O)nc(N3CCN(C(=O)CCCC(=O)C(C)(C)C)CC3)n2)OC(CO)C(O)C1O. The molecule has 0 spiro atoms. The van der Waals surface area contributed by atoms with Crippen LogP contribution in [0.2, 0.25) is 0 Å². The Morgan fingerprint density at radius 3 is 1.32 bits per heavy atom. The summed E-state index contributed by atoms with van der Waals surface area (Å²) in [5.74, 6) is -1.12. The normalized spacial score (nSPS) is 23.3. The van der Waals surface area contributed by atoms with Crippen LogP contribution in [0.25, 0.3) is 0 Å². The van der Waals surface area contributed by atoms with Gasteiger partial charge in [-0.15, -0.1) is 0 Å². The zero-order valence-electron chi connectivity index (χ0n) is 49.7. The number of hydrogen-bond donors (Lipinski definition) is 14. The first-order chi connectivity index (χ1) is 40.5. The van der Waals surface area contributed by atoms with Crippen LogP contribution in [0.1, 0.15) is 118 Å². The number of ketones is 1. The number of amides is 7. The Kier molecular flexibility index (Phi) is 31.5. The highest BCUT2D eigenvalue weighted by atomic mass is 16.7. The summed E-state index contributed by atoms with van der Waals surface area (Å²) in [4.78, 5) is 117. The minimum Gasteiger partial charge on any atom is -0.394 e. The van der Waals surface area contributed by atoms with Crippen molar-refractivity contribution in [2.24, 2.45) is 5.41 Å². The lowest BCUT2D eigenvalue weighted by Crippen LogP contribution is -2.64. The highest BCUT2D eigenvalue weighted by molar-refractivity contribution is 5.84. The molecular formula is C54H93N13O18. The summed E-state index contributed by atoms with van der Waals surface area (Å²) in [6, 6.07) is -2.11. The molecule has 482 valence electrons. The Labute approximate surface area is 495 Å². The van der Waals surface area contributed by atoms with Crippen LogP contribution in [0.5, 0.6) is 0 Å². The second kappa shape index (κ2) is 37.5. The number of anilines is 3. The third-order valence-electron chi connectivity index (χ3n) is 14.1. The van der Waals surface area contributed by atoms with E-state index in [1.54, 1.807) is 4.90 Å². The van der Waals surface area contributed by atoms with Gasteiger partial charge in [0.1, 0.15) is 54.5 Å². The fourth-order valence-electron chi connectivity index (χ4n) is 9.17. The number of piperazine rings is 1. The molecule has 3 saturated heterocycles. The van der Waals surface area contributed by atoms with E-state index < -0.39 is 91.7 Å². The molecule has 1 aromatic rings. The van der Waals surface area contributed by atoms with Crippen LogP contribution < -0.4 is 47.4 Å². The number of aliphatic hydroxyl groups excluding tert-OH is 6. The number of aromatic nitrogens is 3. The lowest BCUT2D eigenvalue weighted by Gasteiger charge is -2.42. The third kappa shape index (κ3) is 25.8. The first kappa shape index (κ1) is 71.5. The zero-order valence-corrected chi connectivity index (χ0v) is 49.7. The van der Waals surface area contributed by atoms with E-state index in [4.69, 9.17) is 18.9 Å². The summed E-state index contributed by atoms with van der Waals surface area (Å²) in [6.07, 6.45) is -5.84. The number of carbonyl (C=O) groups excluding carboxylic acids is 8. The molecule has 31 nitrogen and oxygen atoms in total. The summed E-state index contributed by atoms with van der Waals surface area (Å²) in [7, 11) is 0. The van der Waals surface area contributed by atoms with Gasteiger partial charge >= 0.3 is 0 Å². The first-order valence-electron chi connectivity index (χ1n) is 29.4. The Hall–Kier alpha value is -6.03. The molecule has 31 heteroatoms. The van der Waals surface area contributed by atoms with Crippen molar-refractivity contribution in [1.82, 2.24) is 51.8 Å². The Morgan fingerprint density at radius 2 is 0.929 bits per heavy atom. The molecule has 4 heterocycles. The van der Waals surface area contributed by atoms with Crippen LogP contribution in [-0.4, -0.2) is 251 Å². The molecule has 0 saturated carbocycles. The Bertz CT molecular complexity index is 2160. The van der Waals surface area contributed by atoms with Crippen molar-refractivity contribution in [3.8, 4) is 0 Å². The summed E-state index contributed by atoms with van der Waals surface area (Å²) >= 11 is 0. The fraction of sp³-hybridized carbons (Fsp3) is 0.796. The Morgan fingerprint density at radius 1 is 0.518 bits per heavy atom. The molecule has 1 aromatic heterocycles. The quantitative estimate of drug-likeness (QED) is 0.0286. The molecule has 10 atom stereocenters. The maximum Gasteiger partial charge on any atom is 0.232 e. The van der Waals surface area contributed by atoms with Crippen LogP contribution in [0.4, 0.5) is 17.8 Å². The van der Waals surface area contributed by atoms with Crippen LogP contribution in [-0.2, 0) is 57.3 Å². The van der Waals surface area contributed by atoms with Crippen molar-refractivity contribution < 1.29 is 87.9 Å². The van der Waals surface area contributed by atoms with Gasteiger partial charge in [-0.2, -0.15) is 15.0 Å². The van der Waals surface area contributed by atoms with Gasteiger partial charge in [0.25, 0.3) is 0 Å². The molecule has 3 aliphatic rings. The molecule has 0 bridgehead atoms. The molecule has 14 N–H and O–H groups in total. The largest absolute Gasteiger partial charge is 0.394 e. The van der Waals surface area contributed by atoms with Crippen LogP contribution >= 0.6 is 0 Å². The summed E-state index contributed by atoms with van der Waals surface area (Å²) in [5, 5.41) is 82.6. The van der Waals surface area contributed by atoms with Gasteiger partial charge in [-0.1, -0.05) is 20.8 Å². The number of ether oxygens (including phenoxy) is 4. The van der Waals surface area contributed by atoms with E-state index in [1.165, 1.54) is 13.8 Å². The van der Waals surface area contributed by atoms with Crippen molar-refractivity contribution in [3.63, 3.8) is 0 Å². The molecule has 0 aliphatic carbocycles. The molecule has 0 radical (unpaired) electrons. The molecule has 10 unspecified atom stereocenters. The second-order valence-electron chi connectivity index (χ2n) is 22.2. The molecule has 3 aliphatic heterocycles. The van der Waals surface area contributed by atoms with Gasteiger partial charge in [0.2, 0.25) is 59.2 Å². The standard InChI is InChI=1S/C54H93N13O18/c1-33(70)61-43-47(80)45(78)35(31-68)84-49(43)82-29-8-6-14-38(73)55-19-11-21-57-40(75)17-23-59-51-63-52(65-53(64-51)67-27-25-66(26-28-67)42(77)16-10-13-37(72)54(3,4)5)60-24-18-41(76)58-22-12-20-56-39(74)15-7-9-30-83-50-44(62-34(2)71)48(81)46(79)36(32-69)85-50/h35-36,43-50,68-69,78-81H,6-32H2,1-5H3,(H,55,73)(H,56,74)(H,57,75)(H,58,76)(H,61,70)(H,62,71)(H2,59,60,63,64,65). The van der Waals surface area contributed by atoms with Gasteiger partial charge in [-0.3, -0.25) is 38.4 Å². The summed E-state index contributed by atoms with van der Waals surface area (Å²) in [6.45, 7) is 10.4. The lowest BCUT2D eigenvalue weighted by atomic mass is 9.88. The van der Waals surface area contributed by atoms with Crippen molar-refractivity contribution in [2.75, 3.05) is 107 Å². The van der Waals surface area contributed by atoms with Gasteiger partial charge in [0.15, 0.2) is 12.6 Å².